The molecule has 8 atom stereocenters. The van der Waals surface area contributed by atoms with Crippen molar-refractivity contribution in [1.82, 2.24) is 5.32 Å². The molecule has 1 aliphatic heterocycles. The number of rotatable bonds is 21. The van der Waals surface area contributed by atoms with E-state index in [2.05, 4.69) is 50.1 Å². The number of phenols is 1. The molecular formula is C50H73NO8. The summed E-state index contributed by atoms with van der Waals surface area (Å²) in [6.45, 7) is 7.86. The average molecular weight is 816 g/mol. The Hall–Kier alpha value is -3.49. The predicted octanol–water partition coefficient (Wildman–Crippen LogP) is 7.71. The zero-order valence-electron chi connectivity index (χ0n) is 36.1. The third-order valence-electron chi connectivity index (χ3n) is 12.6. The molecule has 0 amide bonds. The molecule has 1 aliphatic carbocycles. The van der Waals surface area contributed by atoms with Crippen molar-refractivity contribution in [3.8, 4) is 17.6 Å². The van der Waals surface area contributed by atoms with Crippen LogP contribution >= 0.6 is 0 Å². The summed E-state index contributed by atoms with van der Waals surface area (Å²) in [5.74, 6) is 6.22. The normalized spacial score (nSPS) is 25.3. The number of carboxylic acid groups (broad SMARTS) is 1. The number of benzene rings is 2. The first-order valence-corrected chi connectivity index (χ1v) is 22.3. The van der Waals surface area contributed by atoms with E-state index in [1.54, 1.807) is 25.1 Å². The van der Waals surface area contributed by atoms with Crippen LogP contribution in [0.1, 0.15) is 145 Å². The second-order valence-electron chi connectivity index (χ2n) is 17.9. The Balaban J connectivity index is 1.97. The largest absolute Gasteiger partial charge is 0.508 e. The van der Waals surface area contributed by atoms with E-state index < -0.39 is 36.3 Å². The van der Waals surface area contributed by atoms with Gasteiger partial charge in [0.25, 0.3) is 0 Å². The summed E-state index contributed by atoms with van der Waals surface area (Å²) in [5, 5.41) is 79.2. The fourth-order valence-corrected chi connectivity index (χ4v) is 9.15. The number of hydrogen-bond donors (Lipinski definition) is 8. The molecule has 2 bridgehead atoms. The van der Waals surface area contributed by atoms with E-state index >= 15 is 0 Å². The average Bonchev–Trinajstić information content (AvgIpc) is 3.19. The number of aromatic hydroxyl groups is 1. The van der Waals surface area contributed by atoms with Gasteiger partial charge in [0.2, 0.25) is 0 Å². The Morgan fingerprint density at radius 2 is 1.76 bits per heavy atom. The van der Waals surface area contributed by atoms with Crippen molar-refractivity contribution in [2.75, 3.05) is 19.8 Å². The molecule has 0 saturated carbocycles. The van der Waals surface area contributed by atoms with E-state index in [-0.39, 0.29) is 62.0 Å². The molecule has 0 fully saturated rings. The minimum absolute atomic E-state index is 0.0587. The summed E-state index contributed by atoms with van der Waals surface area (Å²) < 4.78 is 0. The molecule has 8 N–H and O–H groups in total. The lowest BCUT2D eigenvalue weighted by Gasteiger charge is -2.40. The van der Waals surface area contributed by atoms with Gasteiger partial charge < -0.3 is 41.1 Å². The third-order valence-corrected chi connectivity index (χ3v) is 12.6. The number of unbranched alkanes of at least 4 members (excludes halogenated alkanes) is 2. The van der Waals surface area contributed by atoms with E-state index in [4.69, 9.17) is 0 Å². The number of hydrogen-bond acceptors (Lipinski definition) is 8. The van der Waals surface area contributed by atoms with Gasteiger partial charge in [-0.1, -0.05) is 114 Å². The van der Waals surface area contributed by atoms with Crippen molar-refractivity contribution >= 4 is 5.97 Å². The predicted molar refractivity (Wildman–Crippen MR) is 235 cm³/mol. The number of fused-ring (bicyclic) bond motifs is 5. The van der Waals surface area contributed by atoms with Crippen LogP contribution in [-0.2, 0) is 17.6 Å². The number of allylic oxidation sites excluding steroid dienone is 2. The van der Waals surface area contributed by atoms with E-state index in [0.29, 0.717) is 43.6 Å². The first-order valence-electron chi connectivity index (χ1n) is 22.3. The molecule has 2 aromatic carbocycles. The van der Waals surface area contributed by atoms with Crippen LogP contribution in [0.25, 0.3) is 0 Å². The van der Waals surface area contributed by atoms with Gasteiger partial charge in [-0.2, -0.15) is 0 Å². The van der Waals surface area contributed by atoms with Gasteiger partial charge in [-0.25, -0.2) is 0 Å². The molecule has 2 aliphatic rings. The maximum absolute atomic E-state index is 12.6. The zero-order chi connectivity index (χ0) is 43.0. The van der Waals surface area contributed by atoms with Gasteiger partial charge in [0.1, 0.15) is 5.75 Å². The van der Waals surface area contributed by atoms with Crippen molar-refractivity contribution in [3.63, 3.8) is 0 Å². The molecular weight excluding hydrogens is 743 g/mol. The van der Waals surface area contributed by atoms with Gasteiger partial charge in [-0.05, 0) is 122 Å². The summed E-state index contributed by atoms with van der Waals surface area (Å²) in [4.78, 5) is 11.8. The third kappa shape index (κ3) is 14.9. The molecule has 9 nitrogen and oxygen atoms in total. The first kappa shape index (κ1) is 48.2. The number of phenolic OH excluding ortho intramolecular Hbond substituents is 1. The fraction of sp³-hybridized carbons (Fsp3) is 0.620. The van der Waals surface area contributed by atoms with Crippen molar-refractivity contribution in [1.29, 1.82) is 0 Å². The van der Waals surface area contributed by atoms with E-state index in [1.807, 2.05) is 24.3 Å². The Kier molecular flexibility index (Phi) is 19.7. The quantitative estimate of drug-likeness (QED) is 0.0465. The Morgan fingerprint density at radius 3 is 2.47 bits per heavy atom. The Bertz CT molecular complexity index is 1740. The highest BCUT2D eigenvalue weighted by Crippen LogP contribution is 2.41. The van der Waals surface area contributed by atoms with Crippen LogP contribution in [0.3, 0.4) is 0 Å². The number of β-amino-alcohol motifs (C(OH)–C–C–N with tert-alkyl or cyclic N) is 1. The molecule has 326 valence electrons. The smallest absolute Gasteiger partial charge is 0.303 e. The number of carbonyl (C=O) groups is 1. The van der Waals surface area contributed by atoms with Crippen LogP contribution in [0.5, 0.6) is 5.75 Å². The number of nitrogens with one attached hydrogen (secondary N) is 1. The molecule has 4 rings (SSSR count). The van der Waals surface area contributed by atoms with Crippen LogP contribution in [0.4, 0.5) is 0 Å². The molecule has 0 saturated heterocycles. The number of aliphatic carboxylic acids is 1. The van der Waals surface area contributed by atoms with Gasteiger partial charge >= 0.3 is 5.97 Å². The molecule has 2 aromatic rings. The van der Waals surface area contributed by atoms with Gasteiger partial charge in [-0.3, -0.25) is 4.79 Å². The maximum atomic E-state index is 12.6. The van der Waals surface area contributed by atoms with Crippen LogP contribution in [0.15, 0.2) is 65.8 Å². The Morgan fingerprint density at radius 1 is 0.983 bits per heavy atom. The van der Waals surface area contributed by atoms with E-state index in [0.717, 1.165) is 72.8 Å². The summed E-state index contributed by atoms with van der Waals surface area (Å²) in [6.07, 6.45) is 12.5. The van der Waals surface area contributed by atoms with E-state index in [9.17, 15) is 40.5 Å². The first-order chi connectivity index (χ1) is 28.3. The molecule has 59 heavy (non-hydrogen) atoms. The molecule has 0 unspecified atom stereocenters. The highest BCUT2D eigenvalue weighted by Gasteiger charge is 2.39. The second-order valence-corrected chi connectivity index (χ2v) is 17.9. The number of aliphatic hydroxyl groups excluding tert-OH is 4. The van der Waals surface area contributed by atoms with E-state index in [1.165, 1.54) is 0 Å². The van der Waals surface area contributed by atoms with Crippen LogP contribution < -0.4 is 5.32 Å². The van der Waals surface area contributed by atoms with Crippen molar-refractivity contribution < 1.29 is 40.5 Å². The summed E-state index contributed by atoms with van der Waals surface area (Å²) in [6, 6.07) is 13.0. The lowest BCUT2D eigenvalue weighted by Crippen LogP contribution is -2.50. The number of aryl methyl sites for hydroxylation is 1. The van der Waals surface area contributed by atoms with Gasteiger partial charge in [0.05, 0.1) is 30.3 Å². The van der Waals surface area contributed by atoms with Crippen molar-refractivity contribution in [2.24, 2.45) is 17.8 Å². The van der Waals surface area contributed by atoms with Crippen LogP contribution in [-0.4, -0.2) is 85.3 Å². The lowest BCUT2D eigenvalue weighted by molar-refractivity contribution is -0.137. The fourth-order valence-electron chi connectivity index (χ4n) is 9.15. The molecule has 0 aromatic heterocycles. The summed E-state index contributed by atoms with van der Waals surface area (Å²) in [7, 11) is 0. The van der Waals surface area contributed by atoms with Crippen LogP contribution in [0, 0.1) is 29.6 Å². The number of aliphatic hydroxyl groups is 5. The van der Waals surface area contributed by atoms with Crippen molar-refractivity contribution in [3.05, 3.63) is 88.0 Å². The highest BCUT2D eigenvalue weighted by molar-refractivity contribution is 5.66. The molecule has 1 heterocycles. The minimum atomic E-state index is -1.43. The van der Waals surface area contributed by atoms with Crippen LogP contribution in [0.2, 0.25) is 0 Å². The summed E-state index contributed by atoms with van der Waals surface area (Å²) in [5.41, 5.74) is 4.19. The summed E-state index contributed by atoms with van der Waals surface area (Å²) >= 11 is 0. The highest BCUT2D eigenvalue weighted by atomic mass is 16.4. The second kappa shape index (κ2) is 24.1. The van der Waals surface area contributed by atoms with Gasteiger partial charge in [-0.15, -0.1) is 0 Å². The maximum Gasteiger partial charge on any atom is 0.303 e. The standard InChI is InChI=1S/C50H73NO8/c1-5-6-7-11-41(54)22-20-37-19-18-36-10-8-9-12-44(36)38-21-25-47(45-24-23-42(55)30-39(45)27-28-52)50(4,59)33-51-49(46(37)31-43(56)32-53)40(29-38)17-15-35(14-13-34(2)3)16-26-48(57)58/h8-10,12,20,22-24,30,34-35,38,40-41,43,47,49,51-56,59H,5-7,11,13-19,26-29,31-33H2,1-4H3,(H,57,58)/b22-20+,46-37+/t35-,38+,40-,41-,43-,47-,49-,50+/m0/s1. The topological polar surface area (TPSA) is 171 Å². The Labute approximate surface area is 353 Å². The zero-order valence-corrected chi connectivity index (χ0v) is 36.1. The van der Waals surface area contributed by atoms with Crippen molar-refractivity contribution in [2.45, 2.75) is 160 Å². The SMILES string of the molecule is CCCCC[C@H](O)/C=C/C1=C(\C[C@H](O)CO)[C@H]2NC[C@@](C)(O)[C@H](c3ccc(O)cc3CCO)C#C[C@H](C[C@@H]2CC[C@@H](CCC(=O)O)CCC(C)C)c2ccccc2CC1. The molecule has 0 spiro atoms. The van der Waals surface area contributed by atoms with Gasteiger partial charge in [0.15, 0.2) is 0 Å². The van der Waals surface area contributed by atoms with Gasteiger partial charge in [0, 0.05) is 31.5 Å². The minimum Gasteiger partial charge on any atom is -0.508 e. The lowest BCUT2D eigenvalue weighted by atomic mass is 9.72. The monoisotopic (exact) mass is 816 g/mol. The molecule has 9 heteroatoms. The number of carboxylic acids is 1. The molecule has 0 radical (unpaired) electrons.